The van der Waals surface area contributed by atoms with E-state index in [-0.39, 0.29) is 0 Å². The molecule has 1 spiro atoms. The fourth-order valence-electron chi connectivity index (χ4n) is 20.8. The molecule has 1 heteroatoms. The van der Waals surface area contributed by atoms with Gasteiger partial charge in [0.05, 0.1) is 0 Å². The van der Waals surface area contributed by atoms with E-state index in [1.54, 1.807) is 25.7 Å². The van der Waals surface area contributed by atoms with Gasteiger partial charge in [0.25, 0.3) is 0 Å². The molecular formula is C21H22Fe. The van der Waals surface area contributed by atoms with Gasteiger partial charge in [-0.1, -0.05) is 0 Å². The van der Waals surface area contributed by atoms with Crippen LogP contribution in [0.3, 0.4) is 0 Å². The van der Waals surface area contributed by atoms with E-state index < -0.39 is 6.51 Å². The molecule has 10 saturated heterocycles. The first-order valence-corrected chi connectivity index (χ1v) is 16.1. The van der Waals surface area contributed by atoms with E-state index in [1.807, 2.05) is 5.56 Å². The molecule has 10 heterocycles. The van der Waals surface area contributed by atoms with Gasteiger partial charge in [-0.15, -0.1) is 0 Å². The van der Waals surface area contributed by atoms with Gasteiger partial charge in [-0.2, -0.15) is 0 Å². The van der Waals surface area contributed by atoms with E-state index in [2.05, 4.69) is 30.3 Å². The van der Waals surface area contributed by atoms with Crippen molar-refractivity contribution in [3.8, 4) is 0 Å². The molecule has 11 fully saturated rings. The zero-order valence-corrected chi connectivity index (χ0v) is 13.9. The molecule has 0 bridgehead atoms. The van der Waals surface area contributed by atoms with Crippen molar-refractivity contribution in [3.05, 3.63) is 35.9 Å². The Kier molecular flexibility index (Phi) is 0.350. The van der Waals surface area contributed by atoms with Crippen molar-refractivity contribution in [2.45, 2.75) is 72.8 Å². The van der Waals surface area contributed by atoms with Gasteiger partial charge in [0.1, 0.15) is 0 Å². The van der Waals surface area contributed by atoms with Crippen molar-refractivity contribution in [2.24, 2.45) is 5.92 Å². The third-order valence-electron chi connectivity index (χ3n) is 18.1. The van der Waals surface area contributed by atoms with Crippen LogP contribution >= 0.6 is 0 Å². The molecule has 12 rings (SSSR count). The summed E-state index contributed by atoms with van der Waals surface area (Å²) in [5, 5.41) is 0. The fraction of sp³-hybridized carbons (Fsp3) is 0.714. The van der Waals surface area contributed by atoms with Gasteiger partial charge >= 0.3 is 121 Å². The second kappa shape index (κ2) is 0.882. The Morgan fingerprint density at radius 3 is 1.95 bits per heavy atom. The van der Waals surface area contributed by atoms with Crippen LogP contribution < -0.4 is 0 Å². The van der Waals surface area contributed by atoms with Gasteiger partial charge in [0, 0.05) is 0 Å². The predicted molar refractivity (Wildman–Crippen MR) is 82.8 cm³/mol. The zero-order chi connectivity index (χ0) is 13.5. The predicted octanol–water partition coefficient (Wildman–Crippen LogP) is 6.04. The average Bonchev–Trinajstić information content (AvgIpc) is 3.47. The Labute approximate surface area is 121 Å². The van der Waals surface area contributed by atoms with E-state index in [1.165, 1.54) is 44.4 Å². The molecule has 1 aromatic rings. The van der Waals surface area contributed by atoms with Crippen molar-refractivity contribution < 1.29 is 6.51 Å². The zero-order valence-electron chi connectivity index (χ0n) is 12.8. The Hall–Kier alpha value is -0.261. The average molecular weight is 330 g/mol. The molecule has 5 unspecified atom stereocenters. The molecule has 22 heavy (non-hydrogen) atoms. The minimum absolute atomic E-state index is 0.947. The third-order valence-corrected chi connectivity index (χ3v) is 61.3. The van der Waals surface area contributed by atoms with Crippen molar-refractivity contribution in [1.82, 2.24) is 0 Å². The van der Waals surface area contributed by atoms with Gasteiger partial charge in [-0.05, 0) is 0 Å². The normalized spacial score (nSPS) is 103. The number of hydrogen-bond donors (Lipinski definition) is 0. The maximum absolute atomic E-state index is 3.15. The Bertz CT molecular complexity index is 1240. The third kappa shape index (κ3) is 0.108. The van der Waals surface area contributed by atoms with E-state index in [0.717, 1.165) is 8.63 Å². The second-order valence-corrected chi connectivity index (χ2v) is 36.4. The molecule has 1 saturated carbocycles. The van der Waals surface area contributed by atoms with Gasteiger partial charge in [0.15, 0.2) is 0 Å². The van der Waals surface area contributed by atoms with Gasteiger partial charge < -0.3 is 0 Å². The molecule has 114 valence electrons. The number of rotatable bonds is 2. The van der Waals surface area contributed by atoms with Crippen molar-refractivity contribution in [1.29, 1.82) is 0 Å². The van der Waals surface area contributed by atoms with Crippen molar-refractivity contribution >= 4 is 0 Å². The van der Waals surface area contributed by atoms with Crippen LogP contribution in [0.4, 0.5) is 0 Å². The van der Waals surface area contributed by atoms with Crippen molar-refractivity contribution in [3.63, 3.8) is 0 Å². The Morgan fingerprint density at radius 1 is 0.773 bits per heavy atom. The van der Waals surface area contributed by atoms with Crippen LogP contribution in [0.25, 0.3) is 0 Å². The monoisotopic (exact) mass is 330 g/mol. The molecule has 0 amide bonds. The summed E-state index contributed by atoms with van der Waals surface area (Å²) in [6.07, 6.45) is 6.48. The van der Waals surface area contributed by atoms with Crippen LogP contribution in [-0.2, 0) is 10.8 Å². The molecule has 5 atom stereocenters. The summed E-state index contributed by atoms with van der Waals surface area (Å²) in [4.78, 5) is 11.6. The van der Waals surface area contributed by atoms with Gasteiger partial charge in [0.2, 0.25) is 0 Å². The van der Waals surface area contributed by atoms with E-state index in [0.29, 0.717) is 0 Å². The van der Waals surface area contributed by atoms with E-state index in [4.69, 9.17) is 0 Å². The summed E-state index contributed by atoms with van der Waals surface area (Å²) in [5.41, 5.74) is 1.93. The van der Waals surface area contributed by atoms with Crippen molar-refractivity contribution in [2.75, 3.05) is 0 Å². The summed E-state index contributed by atoms with van der Waals surface area (Å²) in [7, 11) is 0. The maximum atomic E-state index is 2.62. The van der Waals surface area contributed by atoms with Crippen LogP contribution in [0.15, 0.2) is 30.3 Å². The van der Waals surface area contributed by atoms with Gasteiger partial charge in [-0.25, -0.2) is 0 Å². The van der Waals surface area contributed by atoms with E-state index >= 15 is 0 Å². The molecule has 10 aliphatic heterocycles. The summed E-state index contributed by atoms with van der Waals surface area (Å²) < 4.78 is 2.02. The van der Waals surface area contributed by atoms with Gasteiger partial charge in [-0.3, -0.25) is 0 Å². The molecule has 0 N–H and O–H groups in total. The number of benzene rings is 1. The summed E-state index contributed by atoms with van der Waals surface area (Å²) in [6.45, 7) is -3.15. The molecule has 0 aromatic heterocycles. The van der Waals surface area contributed by atoms with Crippen LogP contribution in [0.1, 0.15) is 31.2 Å². The number of hydrogen-bond acceptors (Lipinski definition) is 0. The Morgan fingerprint density at radius 2 is 1.41 bits per heavy atom. The van der Waals surface area contributed by atoms with E-state index in [9.17, 15) is 0 Å². The first kappa shape index (κ1) is 8.72. The van der Waals surface area contributed by atoms with Crippen LogP contribution in [0, 0.1) is 5.92 Å². The summed E-state index contributed by atoms with van der Waals surface area (Å²) in [5.74, 6) is 1.23. The summed E-state index contributed by atoms with van der Waals surface area (Å²) >= 11 is 0. The fourth-order valence-corrected chi connectivity index (χ4v) is 98.5. The molecule has 11 aliphatic rings. The molecule has 0 radical (unpaired) electrons. The topological polar surface area (TPSA) is 0 Å². The quantitative estimate of drug-likeness (QED) is 0.580. The standard InChI is InChI=1S/C16H17.C5H5.Fe/c1-2-7-13(8-3-1)15-11-6-12-16(15)14-9-4-5-10-14;1-2-4-5-3-1;/h1-3,6-8,11-12,14H,4-5,9-10H2;1-5H;. The summed E-state index contributed by atoms with van der Waals surface area (Å²) in [6, 6.07) is 12.3. The Balaban J connectivity index is 1.44. The number of fused-ring (bicyclic) bond motifs is 10. The molecule has 1 aromatic carbocycles. The van der Waals surface area contributed by atoms with Crippen LogP contribution in [0.2, 0.25) is 42.8 Å². The molecule has 0 nitrogen and oxygen atoms in total. The second-order valence-electron chi connectivity index (χ2n) is 13.2. The first-order valence-electron chi connectivity index (χ1n) is 9.91. The van der Waals surface area contributed by atoms with Crippen LogP contribution in [-0.4, -0.2) is 0 Å². The van der Waals surface area contributed by atoms with Crippen LogP contribution in [0.5, 0.6) is 0 Å². The molecular weight excluding hydrogens is 308 g/mol. The minimum atomic E-state index is -3.15. The SMILES string of the molecule is c1ccc([C]23[CH]4[CH]5[CH]6[C]2(C2CCCC2)[Fe]54632789[CH]3[CH]2[CH]7[CH]8[CH]39)cc1. The molecule has 1 aliphatic carbocycles. The first-order chi connectivity index (χ1) is 10.6.